The molecule has 2 atom stereocenters. The predicted molar refractivity (Wildman–Crippen MR) is 104 cm³/mol. The van der Waals surface area contributed by atoms with E-state index < -0.39 is 0 Å². The van der Waals surface area contributed by atoms with Gasteiger partial charge in [-0.25, -0.2) is 4.98 Å². The van der Waals surface area contributed by atoms with Crippen LogP contribution in [0.3, 0.4) is 0 Å². The molecule has 2 N–H and O–H groups in total. The molecule has 0 bridgehead atoms. The Labute approximate surface area is 159 Å². The van der Waals surface area contributed by atoms with Crippen molar-refractivity contribution in [2.45, 2.75) is 52.5 Å². The first kappa shape index (κ1) is 19.3. The van der Waals surface area contributed by atoms with E-state index in [0.717, 1.165) is 50.0 Å². The number of anilines is 1. The number of rotatable bonds is 8. The number of thiazole rings is 1. The zero-order valence-electron chi connectivity index (χ0n) is 15.8. The Kier molecular flexibility index (Phi) is 6.64. The van der Waals surface area contributed by atoms with Gasteiger partial charge in [0, 0.05) is 43.9 Å². The minimum Gasteiger partial charge on any atom is -0.356 e. The quantitative estimate of drug-likeness (QED) is 0.682. The van der Waals surface area contributed by atoms with Gasteiger partial charge in [-0.1, -0.05) is 13.8 Å². The number of amides is 2. The number of aromatic nitrogens is 1. The van der Waals surface area contributed by atoms with Gasteiger partial charge in [-0.05, 0) is 37.5 Å². The van der Waals surface area contributed by atoms with Crippen LogP contribution in [-0.4, -0.2) is 41.3 Å². The molecule has 144 valence electrons. The molecule has 6 nitrogen and oxygen atoms in total. The third-order valence-electron chi connectivity index (χ3n) is 4.96. The number of piperidine rings is 1. The summed E-state index contributed by atoms with van der Waals surface area (Å²) >= 11 is 1.48. The number of hydrogen-bond acceptors (Lipinski definition) is 5. The van der Waals surface area contributed by atoms with Crippen molar-refractivity contribution in [3.05, 3.63) is 11.1 Å². The first-order valence-corrected chi connectivity index (χ1v) is 10.6. The summed E-state index contributed by atoms with van der Waals surface area (Å²) in [5.41, 5.74) is 1.03. The maximum atomic E-state index is 12.0. The summed E-state index contributed by atoms with van der Waals surface area (Å²) in [5, 5.41) is 8.47. The Bertz CT molecular complexity index is 619. The number of nitrogens with one attached hydrogen (secondary N) is 2. The molecule has 2 heterocycles. The van der Waals surface area contributed by atoms with Crippen LogP contribution in [0.4, 0.5) is 5.13 Å². The first-order chi connectivity index (χ1) is 12.5. The second-order valence-electron chi connectivity index (χ2n) is 8.00. The molecule has 1 aliphatic carbocycles. The molecule has 2 unspecified atom stereocenters. The molecular formula is C19H30N4O2S. The Morgan fingerprint density at radius 3 is 2.69 bits per heavy atom. The number of nitrogens with zero attached hydrogens (tertiary/aromatic N) is 2. The molecule has 3 rings (SSSR count). The average molecular weight is 379 g/mol. The van der Waals surface area contributed by atoms with Crippen LogP contribution in [0.5, 0.6) is 0 Å². The normalized spacial score (nSPS) is 23.6. The standard InChI is InChI=1S/C19H30N4O2S/c1-13-8-14(2)10-23(9-13)11-16-12-26-19(21-16)22-17(24)4-3-7-20-18(25)15-5-6-15/h12-15H,3-11H2,1-2H3,(H,20,25)(H,21,22,24). The van der Waals surface area contributed by atoms with Crippen molar-refractivity contribution in [1.82, 2.24) is 15.2 Å². The Morgan fingerprint density at radius 1 is 1.27 bits per heavy atom. The van der Waals surface area contributed by atoms with E-state index in [1.54, 1.807) is 0 Å². The van der Waals surface area contributed by atoms with E-state index in [1.165, 1.54) is 17.8 Å². The summed E-state index contributed by atoms with van der Waals surface area (Å²) < 4.78 is 0. The molecular weight excluding hydrogens is 348 g/mol. The molecule has 1 aromatic heterocycles. The minimum atomic E-state index is -0.0354. The first-order valence-electron chi connectivity index (χ1n) is 9.74. The van der Waals surface area contributed by atoms with Crippen molar-refractivity contribution in [2.24, 2.45) is 17.8 Å². The van der Waals surface area contributed by atoms with Gasteiger partial charge in [0.15, 0.2) is 5.13 Å². The molecule has 0 spiro atoms. The van der Waals surface area contributed by atoms with Gasteiger partial charge in [0.2, 0.25) is 11.8 Å². The molecule has 2 amide bonds. The van der Waals surface area contributed by atoms with Crippen LogP contribution in [0, 0.1) is 17.8 Å². The molecule has 0 radical (unpaired) electrons. The van der Waals surface area contributed by atoms with E-state index in [2.05, 4.69) is 34.4 Å². The third-order valence-corrected chi connectivity index (χ3v) is 5.76. The number of likely N-dealkylation sites (tertiary alicyclic amines) is 1. The number of hydrogen-bond donors (Lipinski definition) is 2. The van der Waals surface area contributed by atoms with Crippen LogP contribution in [0.15, 0.2) is 5.38 Å². The summed E-state index contributed by atoms with van der Waals surface area (Å²) in [6.45, 7) is 8.28. The molecule has 1 aliphatic heterocycles. The molecule has 0 aromatic carbocycles. The second kappa shape index (κ2) is 8.95. The predicted octanol–water partition coefficient (Wildman–Crippen LogP) is 2.87. The van der Waals surface area contributed by atoms with E-state index in [9.17, 15) is 9.59 Å². The smallest absolute Gasteiger partial charge is 0.226 e. The SMILES string of the molecule is CC1CC(C)CN(Cc2csc(NC(=O)CCCNC(=O)C3CC3)n2)C1. The molecule has 1 saturated carbocycles. The number of carbonyl (C=O) groups excluding carboxylic acids is 2. The highest BCUT2D eigenvalue weighted by atomic mass is 32.1. The van der Waals surface area contributed by atoms with Gasteiger partial charge in [0.05, 0.1) is 5.69 Å². The van der Waals surface area contributed by atoms with Gasteiger partial charge in [-0.15, -0.1) is 11.3 Å². The lowest BCUT2D eigenvalue weighted by atomic mass is 9.92. The average Bonchev–Trinajstić information content (AvgIpc) is 3.33. The Balaban J connectivity index is 1.35. The van der Waals surface area contributed by atoms with E-state index in [0.29, 0.717) is 24.5 Å². The zero-order chi connectivity index (χ0) is 18.5. The van der Waals surface area contributed by atoms with Crippen LogP contribution in [0.25, 0.3) is 0 Å². The van der Waals surface area contributed by atoms with Gasteiger partial charge < -0.3 is 10.6 Å². The molecule has 2 fully saturated rings. The van der Waals surface area contributed by atoms with Crippen LogP contribution >= 0.6 is 11.3 Å². The van der Waals surface area contributed by atoms with Crippen molar-refractivity contribution < 1.29 is 9.59 Å². The molecule has 7 heteroatoms. The summed E-state index contributed by atoms with van der Waals surface area (Å²) in [7, 11) is 0. The summed E-state index contributed by atoms with van der Waals surface area (Å²) in [6, 6.07) is 0. The van der Waals surface area contributed by atoms with Gasteiger partial charge in [0.1, 0.15) is 0 Å². The molecule has 2 aliphatic rings. The summed E-state index contributed by atoms with van der Waals surface area (Å²) in [4.78, 5) is 30.6. The zero-order valence-corrected chi connectivity index (χ0v) is 16.6. The van der Waals surface area contributed by atoms with E-state index in [4.69, 9.17) is 0 Å². The third kappa shape index (κ3) is 6.06. The maximum absolute atomic E-state index is 12.0. The summed E-state index contributed by atoms with van der Waals surface area (Å²) in [5.74, 6) is 1.79. The lowest BCUT2D eigenvalue weighted by molar-refractivity contribution is -0.122. The van der Waals surface area contributed by atoms with Crippen LogP contribution in [0.2, 0.25) is 0 Å². The fraction of sp³-hybridized carbons (Fsp3) is 0.737. The van der Waals surface area contributed by atoms with E-state index in [-0.39, 0.29) is 17.7 Å². The maximum Gasteiger partial charge on any atom is 0.226 e. The molecule has 1 aromatic rings. The van der Waals surface area contributed by atoms with Gasteiger partial charge in [-0.3, -0.25) is 14.5 Å². The van der Waals surface area contributed by atoms with Crippen molar-refractivity contribution in [3.63, 3.8) is 0 Å². The highest BCUT2D eigenvalue weighted by molar-refractivity contribution is 7.13. The van der Waals surface area contributed by atoms with Gasteiger partial charge >= 0.3 is 0 Å². The van der Waals surface area contributed by atoms with Crippen molar-refractivity contribution in [3.8, 4) is 0 Å². The largest absolute Gasteiger partial charge is 0.356 e. The molecule has 1 saturated heterocycles. The van der Waals surface area contributed by atoms with Crippen LogP contribution < -0.4 is 10.6 Å². The van der Waals surface area contributed by atoms with Crippen molar-refractivity contribution in [1.29, 1.82) is 0 Å². The highest BCUT2D eigenvalue weighted by Crippen LogP contribution is 2.28. The lowest BCUT2D eigenvalue weighted by Crippen LogP contribution is -2.38. The van der Waals surface area contributed by atoms with Crippen molar-refractivity contribution in [2.75, 3.05) is 25.0 Å². The summed E-state index contributed by atoms with van der Waals surface area (Å²) in [6.07, 6.45) is 4.38. The van der Waals surface area contributed by atoms with Gasteiger partial charge in [0.25, 0.3) is 0 Å². The minimum absolute atomic E-state index is 0.0354. The fourth-order valence-corrected chi connectivity index (χ4v) is 4.44. The Hall–Kier alpha value is -1.47. The van der Waals surface area contributed by atoms with Crippen molar-refractivity contribution >= 4 is 28.3 Å². The highest BCUT2D eigenvalue weighted by Gasteiger charge is 2.29. The molecule has 26 heavy (non-hydrogen) atoms. The number of carbonyl (C=O) groups is 2. The topological polar surface area (TPSA) is 74.3 Å². The monoisotopic (exact) mass is 378 g/mol. The van der Waals surface area contributed by atoms with Crippen LogP contribution in [-0.2, 0) is 16.1 Å². The lowest BCUT2D eigenvalue weighted by Gasteiger charge is -2.34. The fourth-order valence-electron chi connectivity index (χ4n) is 3.72. The van der Waals surface area contributed by atoms with E-state index in [1.807, 2.05) is 5.38 Å². The second-order valence-corrected chi connectivity index (χ2v) is 8.86. The Morgan fingerprint density at radius 2 is 2.00 bits per heavy atom. The van der Waals surface area contributed by atoms with Gasteiger partial charge in [-0.2, -0.15) is 0 Å². The van der Waals surface area contributed by atoms with Crippen LogP contribution in [0.1, 0.15) is 51.6 Å². The van der Waals surface area contributed by atoms with E-state index >= 15 is 0 Å².